The largest absolute Gasteiger partial charge is 0.352 e. The first kappa shape index (κ1) is 21.9. The summed E-state index contributed by atoms with van der Waals surface area (Å²) in [6, 6.07) is 0.0822. The lowest BCUT2D eigenvalue weighted by atomic mass is 10.1. The summed E-state index contributed by atoms with van der Waals surface area (Å²) in [5.74, 6) is 0.581. The van der Waals surface area contributed by atoms with Gasteiger partial charge in [-0.15, -0.1) is 12.4 Å². The van der Waals surface area contributed by atoms with Gasteiger partial charge in [-0.25, -0.2) is 0 Å². The van der Waals surface area contributed by atoms with Crippen molar-refractivity contribution in [1.29, 1.82) is 0 Å². The SMILES string of the molecule is CCCCC(CN)NC(=O)Cc1c(C)nn(CC(C)C)c1C.Cl. The van der Waals surface area contributed by atoms with E-state index >= 15 is 0 Å². The maximum Gasteiger partial charge on any atom is 0.224 e. The van der Waals surface area contributed by atoms with Crippen molar-refractivity contribution in [3.63, 3.8) is 0 Å². The normalized spacial score (nSPS) is 12.1. The van der Waals surface area contributed by atoms with Gasteiger partial charge in [-0.05, 0) is 26.2 Å². The van der Waals surface area contributed by atoms with E-state index < -0.39 is 0 Å². The molecule has 23 heavy (non-hydrogen) atoms. The minimum atomic E-state index is 0. The molecule has 0 aliphatic heterocycles. The van der Waals surface area contributed by atoms with Crippen molar-refractivity contribution >= 4 is 18.3 Å². The van der Waals surface area contributed by atoms with E-state index in [0.29, 0.717) is 18.9 Å². The number of aryl methyl sites for hydroxylation is 1. The van der Waals surface area contributed by atoms with E-state index in [-0.39, 0.29) is 24.4 Å². The fourth-order valence-corrected chi connectivity index (χ4v) is 2.65. The molecule has 0 fully saturated rings. The van der Waals surface area contributed by atoms with E-state index in [4.69, 9.17) is 5.73 Å². The van der Waals surface area contributed by atoms with Gasteiger partial charge in [-0.1, -0.05) is 33.6 Å². The molecule has 1 aromatic heterocycles. The highest BCUT2D eigenvalue weighted by Crippen LogP contribution is 2.15. The average molecular weight is 345 g/mol. The number of halogens is 1. The van der Waals surface area contributed by atoms with E-state index in [9.17, 15) is 4.79 Å². The summed E-state index contributed by atoms with van der Waals surface area (Å²) in [5, 5.41) is 7.62. The molecule has 0 spiro atoms. The lowest BCUT2D eigenvalue weighted by molar-refractivity contribution is -0.121. The fraction of sp³-hybridized carbons (Fsp3) is 0.765. The zero-order valence-corrected chi connectivity index (χ0v) is 16.0. The van der Waals surface area contributed by atoms with Crippen LogP contribution in [0.5, 0.6) is 0 Å². The highest BCUT2D eigenvalue weighted by atomic mass is 35.5. The van der Waals surface area contributed by atoms with Gasteiger partial charge in [-0.3, -0.25) is 9.48 Å². The van der Waals surface area contributed by atoms with Gasteiger partial charge < -0.3 is 11.1 Å². The Kier molecular flexibility index (Phi) is 10.2. The van der Waals surface area contributed by atoms with Gasteiger partial charge in [0.1, 0.15) is 0 Å². The van der Waals surface area contributed by atoms with E-state index in [1.165, 1.54) is 0 Å². The van der Waals surface area contributed by atoms with Crippen LogP contribution in [-0.2, 0) is 17.8 Å². The van der Waals surface area contributed by atoms with Crippen molar-refractivity contribution in [2.24, 2.45) is 11.7 Å². The van der Waals surface area contributed by atoms with Crippen molar-refractivity contribution in [1.82, 2.24) is 15.1 Å². The van der Waals surface area contributed by atoms with Crippen LogP contribution in [0.4, 0.5) is 0 Å². The van der Waals surface area contributed by atoms with Crippen LogP contribution in [0.25, 0.3) is 0 Å². The van der Waals surface area contributed by atoms with Crippen molar-refractivity contribution in [2.45, 2.75) is 72.9 Å². The number of nitrogens with one attached hydrogen (secondary N) is 1. The lowest BCUT2D eigenvalue weighted by Crippen LogP contribution is -2.41. The molecule has 0 aromatic carbocycles. The first-order valence-corrected chi connectivity index (χ1v) is 8.41. The van der Waals surface area contributed by atoms with Crippen molar-refractivity contribution < 1.29 is 4.79 Å². The summed E-state index contributed by atoms with van der Waals surface area (Å²) in [5.41, 5.74) is 8.84. The predicted octanol–water partition coefficient (Wildman–Crippen LogP) is 2.75. The quantitative estimate of drug-likeness (QED) is 0.723. The Balaban J connectivity index is 0.00000484. The third-order valence-electron chi connectivity index (χ3n) is 3.96. The monoisotopic (exact) mass is 344 g/mol. The molecule has 1 amide bonds. The molecular formula is C17H33ClN4O. The molecule has 1 heterocycles. The molecule has 0 radical (unpaired) electrons. The highest BCUT2D eigenvalue weighted by molar-refractivity contribution is 5.85. The van der Waals surface area contributed by atoms with Crippen LogP contribution in [0.3, 0.4) is 0 Å². The number of hydrogen-bond acceptors (Lipinski definition) is 3. The van der Waals surface area contributed by atoms with Gasteiger partial charge in [0.25, 0.3) is 0 Å². The highest BCUT2D eigenvalue weighted by Gasteiger charge is 2.17. The maximum atomic E-state index is 12.3. The number of amides is 1. The number of aromatic nitrogens is 2. The third-order valence-corrected chi connectivity index (χ3v) is 3.96. The third kappa shape index (κ3) is 6.92. The van der Waals surface area contributed by atoms with Gasteiger partial charge in [0, 0.05) is 30.4 Å². The first-order chi connectivity index (χ1) is 10.4. The summed E-state index contributed by atoms with van der Waals surface area (Å²) >= 11 is 0. The molecule has 5 nitrogen and oxygen atoms in total. The zero-order chi connectivity index (χ0) is 16.7. The summed E-state index contributed by atoms with van der Waals surface area (Å²) in [4.78, 5) is 12.3. The van der Waals surface area contributed by atoms with Crippen molar-refractivity contribution in [3.05, 3.63) is 17.0 Å². The second-order valence-electron chi connectivity index (χ2n) is 6.54. The van der Waals surface area contributed by atoms with Gasteiger partial charge in [-0.2, -0.15) is 5.10 Å². The Morgan fingerprint density at radius 2 is 2.00 bits per heavy atom. The fourth-order valence-electron chi connectivity index (χ4n) is 2.65. The first-order valence-electron chi connectivity index (χ1n) is 8.41. The van der Waals surface area contributed by atoms with Crippen LogP contribution in [0.2, 0.25) is 0 Å². The Morgan fingerprint density at radius 3 is 2.52 bits per heavy atom. The summed E-state index contributed by atoms with van der Waals surface area (Å²) in [6.07, 6.45) is 3.54. The van der Waals surface area contributed by atoms with E-state index in [1.54, 1.807) is 0 Å². The standard InChI is InChI=1S/C17H32N4O.ClH/c1-6-7-8-15(10-18)19-17(22)9-16-13(4)20-21(14(16)5)11-12(2)3;/h12,15H,6-11,18H2,1-5H3,(H,19,22);1H. The summed E-state index contributed by atoms with van der Waals surface area (Å²) in [7, 11) is 0. The van der Waals surface area contributed by atoms with Gasteiger partial charge >= 0.3 is 0 Å². The summed E-state index contributed by atoms with van der Waals surface area (Å²) in [6.45, 7) is 11.9. The molecule has 0 bridgehead atoms. The molecule has 1 rings (SSSR count). The number of unbranched alkanes of at least 4 members (excludes halogenated alkanes) is 1. The number of hydrogen-bond donors (Lipinski definition) is 2. The van der Waals surface area contributed by atoms with Crippen LogP contribution in [0.1, 0.15) is 57.0 Å². The molecule has 1 atom stereocenters. The number of nitrogens with two attached hydrogens (primary N) is 1. The number of rotatable bonds is 9. The minimum absolute atomic E-state index is 0. The van der Waals surface area contributed by atoms with Crippen LogP contribution >= 0.6 is 12.4 Å². The Morgan fingerprint density at radius 1 is 1.35 bits per heavy atom. The molecule has 1 aromatic rings. The molecular weight excluding hydrogens is 312 g/mol. The summed E-state index contributed by atoms with van der Waals surface area (Å²) < 4.78 is 2.01. The van der Waals surface area contributed by atoms with E-state index in [1.807, 2.05) is 18.5 Å². The molecule has 0 aliphatic rings. The molecule has 3 N–H and O–H groups in total. The Bertz CT molecular complexity index is 485. The van der Waals surface area contributed by atoms with Crippen molar-refractivity contribution in [2.75, 3.05) is 6.54 Å². The molecule has 0 aliphatic carbocycles. The van der Waals surface area contributed by atoms with Crippen LogP contribution in [0.15, 0.2) is 0 Å². The van der Waals surface area contributed by atoms with Crippen LogP contribution < -0.4 is 11.1 Å². The maximum absolute atomic E-state index is 12.3. The van der Waals surface area contributed by atoms with Gasteiger partial charge in [0.05, 0.1) is 12.1 Å². The molecule has 1 unspecified atom stereocenters. The molecule has 0 saturated heterocycles. The van der Waals surface area contributed by atoms with Crippen LogP contribution in [-0.4, -0.2) is 28.3 Å². The lowest BCUT2D eigenvalue weighted by Gasteiger charge is -2.16. The minimum Gasteiger partial charge on any atom is -0.352 e. The average Bonchev–Trinajstić information content (AvgIpc) is 2.70. The number of nitrogens with zero attached hydrogens (tertiary/aromatic N) is 2. The van der Waals surface area contributed by atoms with Crippen LogP contribution in [0, 0.1) is 19.8 Å². The van der Waals surface area contributed by atoms with E-state index in [2.05, 4.69) is 31.2 Å². The molecule has 6 heteroatoms. The number of carbonyl (C=O) groups excluding carboxylic acids is 1. The second-order valence-corrected chi connectivity index (χ2v) is 6.54. The Labute approximate surface area is 146 Å². The smallest absolute Gasteiger partial charge is 0.224 e. The second kappa shape index (κ2) is 10.7. The van der Waals surface area contributed by atoms with Gasteiger partial charge in [0.15, 0.2) is 0 Å². The number of carbonyl (C=O) groups is 1. The molecule has 0 saturated carbocycles. The van der Waals surface area contributed by atoms with Gasteiger partial charge in [0.2, 0.25) is 5.91 Å². The Hall–Kier alpha value is -1.07. The molecule has 134 valence electrons. The topological polar surface area (TPSA) is 72.9 Å². The zero-order valence-electron chi connectivity index (χ0n) is 15.2. The van der Waals surface area contributed by atoms with E-state index in [0.717, 1.165) is 42.8 Å². The van der Waals surface area contributed by atoms with Crippen molar-refractivity contribution in [3.8, 4) is 0 Å². The predicted molar refractivity (Wildman–Crippen MR) is 98.0 cm³/mol.